The Morgan fingerprint density at radius 3 is 0.688 bits per heavy atom. The maximum absolute atomic E-state index is 5.48. The molecule has 0 aliphatic heterocycles. The van der Waals surface area contributed by atoms with Crippen LogP contribution >= 0.6 is 0 Å². The summed E-state index contributed by atoms with van der Waals surface area (Å²) >= 11 is 0. The Balaban J connectivity index is 1.51. The van der Waals surface area contributed by atoms with E-state index in [1.54, 1.807) is 28.4 Å². The second-order valence-corrected chi connectivity index (χ2v) is 11.6. The largest absolute Gasteiger partial charge is 0.497 e. The summed E-state index contributed by atoms with van der Waals surface area (Å²) in [6.45, 7) is 0. The standard InChI is InChI=1S/C42H32N2O4/c1-45-29-13-5-25(6-14-29)39-33-21-22-35-38-36(24-23-34(37(33)38)40(43-39)26-7-15-30(46-2)16-8-26)42(28-11-19-32(48-4)20-12-28)44-41(35)27-9-17-31(47-3)18-10-27/h5-24H,1-4H3. The molecule has 6 nitrogen and oxygen atoms in total. The molecule has 6 heteroatoms. The van der Waals surface area contributed by atoms with Crippen LogP contribution in [-0.2, 0) is 0 Å². The second-order valence-electron chi connectivity index (χ2n) is 11.6. The van der Waals surface area contributed by atoms with Crippen molar-refractivity contribution in [3.05, 3.63) is 121 Å². The van der Waals surface area contributed by atoms with E-state index in [0.29, 0.717) is 0 Å². The van der Waals surface area contributed by atoms with E-state index in [1.807, 2.05) is 48.5 Å². The highest BCUT2D eigenvalue weighted by Crippen LogP contribution is 2.46. The highest BCUT2D eigenvalue weighted by atomic mass is 16.5. The highest BCUT2D eigenvalue weighted by Gasteiger charge is 2.22. The molecule has 0 bridgehead atoms. The molecule has 2 aromatic heterocycles. The molecule has 0 aliphatic rings. The van der Waals surface area contributed by atoms with Gasteiger partial charge in [0.25, 0.3) is 0 Å². The fourth-order valence-electron chi connectivity index (χ4n) is 6.63. The number of rotatable bonds is 8. The van der Waals surface area contributed by atoms with Gasteiger partial charge in [-0.3, -0.25) is 0 Å². The third-order valence-electron chi connectivity index (χ3n) is 9.08. The van der Waals surface area contributed by atoms with Crippen molar-refractivity contribution in [1.82, 2.24) is 9.97 Å². The Hall–Kier alpha value is -6.14. The molecule has 8 aromatic rings. The first-order valence-electron chi connectivity index (χ1n) is 15.7. The van der Waals surface area contributed by atoms with Crippen molar-refractivity contribution < 1.29 is 18.9 Å². The second kappa shape index (κ2) is 11.9. The molecular weight excluding hydrogens is 596 g/mol. The van der Waals surface area contributed by atoms with Gasteiger partial charge in [0.15, 0.2) is 0 Å². The van der Waals surface area contributed by atoms with Crippen LogP contribution in [0.1, 0.15) is 0 Å². The van der Waals surface area contributed by atoms with Crippen LogP contribution in [0.15, 0.2) is 121 Å². The van der Waals surface area contributed by atoms with E-state index in [4.69, 9.17) is 28.9 Å². The molecule has 0 aliphatic carbocycles. The van der Waals surface area contributed by atoms with E-state index in [-0.39, 0.29) is 0 Å². The summed E-state index contributed by atoms with van der Waals surface area (Å²) in [5.74, 6) is 3.19. The maximum atomic E-state index is 5.48. The normalized spacial score (nSPS) is 11.3. The Bertz CT molecular complexity index is 2070. The van der Waals surface area contributed by atoms with Crippen LogP contribution in [0.3, 0.4) is 0 Å². The van der Waals surface area contributed by atoms with Gasteiger partial charge >= 0.3 is 0 Å². The van der Waals surface area contributed by atoms with Gasteiger partial charge < -0.3 is 18.9 Å². The zero-order valence-electron chi connectivity index (χ0n) is 27.1. The monoisotopic (exact) mass is 628 g/mol. The summed E-state index contributed by atoms with van der Waals surface area (Å²) in [6.07, 6.45) is 0. The lowest BCUT2D eigenvalue weighted by Crippen LogP contribution is -1.99. The fourth-order valence-corrected chi connectivity index (χ4v) is 6.63. The van der Waals surface area contributed by atoms with Gasteiger partial charge in [-0.15, -0.1) is 0 Å². The average molecular weight is 629 g/mol. The minimum atomic E-state index is 0.797. The van der Waals surface area contributed by atoms with Crippen molar-refractivity contribution >= 4 is 32.3 Å². The van der Waals surface area contributed by atoms with Crippen molar-refractivity contribution in [1.29, 1.82) is 0 Å². The number of benzene rings is 6. The first-order chi connectivity index (χ1) is 23.6. The lowest BCUT2D eigenvalue weighted by molar-refractivity contribution is 0.414. The summed E-state index contributed by atoms with van der Waals surface area (Å²) in [5, 5.41) is 6.56. The van der Waals surface area contributed by atoms with Gasteiger partial charge in [0.05, 0.1) is 51.2 Å². The Labute approximate surface area is 278 Å². The van der Waals surface area contributed by atoms with E-state index in [9.17, 15) is 0 Å². The number of nitrogens with zero attached hydrogens (tertiary/aromatic N) is 2. The minimum absolute atomic E-state index is 0.797. The number of aromatic nitrogens is 2. The molecule has 0 saturated heterocycles. The highest BCUT2D eigenvalue weighted by molar-refractivity contribution is 6.30. The third kappa shape index (κ3) is 4.81. The first-order valence-corrected chi connectivity index (χ1v) is 15.7. The predicted octanol–water partition coefficient (Wildman–Crippen LogP) is 10.1. The molecule has 48 heavy (non-hydrogen) atoms. The SMILES string of the molecule is COc1ccc(-c2nc(-c3ccc(OC)cc3)c3ccc4c(-c5ccc(OC)cc5)nc(-c5ccc(OC)cc5)c5ccc2c3c54)cc1. The predicted molar refractivity (Wildman–Crippen MR) is 194 cm³/mol. The summed E-state index contributed by atoms with van der Waals surface area (Å²) in [6, 6.07) is 41.2. The van der Waals surface area contributed by atoms with Gasteiger partial charge in [-0.1, -0.05) is 24.3 Å². The molecule has 0 amide bonds. The van der Waals surface area contributed by atoms with Gasteiger partial charge in [-0.2, -0.15) is 0 Å². The molecule has 8 rings (SSSR count). The smallest absolute Gasteiger partial charge is 0.118 e. The van der Waals surface area contributed by atoms with Crippen molar-refractivity contribution in [3.8, 4) is 68.0 Å². The lowest BCUT2D eigenvalue weighted by Gasteiger charge is -2.20. The molecule has 0 saturated carbocycles. The minimum Gasteiger partial charge on any atom is -0.497 e. The van der Waals surface area contributed by atoms with Gasteiger partial charge in [-0.05, 0) is 97.1 Å². The number of ether oxygens (including phenoxy) is 4. The van der Waals surface area contributed by atoms with Crippen LogP contribution in [0, 0.1) is 0 Å². The molecule has 0 unspecified atom stereocenters. The molecule has 0 radical (unpaired) electrons. The average Bonchev–Trinajstić information content (AvgIpc) is 3.16. The molecule has 2 heterocycles. The molecule has 234 valence electrons. The summed E-state index contributed by atoms with van der Waals surface area (Å²) < 4.78 is 21.9. The Morgan fingerprint density at radius 1 is 0.292 bits per heavy atom. The van der Waals surface area contributed by atoms with E-state index >= 15 is 0 Å². The lowest BCUT2D eigenvalue weighted by atomic mass is 9.88. The van der Waals surface area contributed by atoms with Gasteiger partial charge in [-0.25, -0.2) is 9.97 Å². The molecular formula is C42H32N2O4. The topological polar surface area (TPSA) is 62.7 Å². The third-order valence-corrected chi connectivity index (χ3v) is 9.08. The van der Waals surface area contributed by atoms with Crippen LogP contribution < -0.4 is 18.9 Å². The number of hydrogen-bond acceptors (Lipinski definition) is 6. The van der Waals surface area contributed by atoms with Crippen LogP contribution in [-0.4, -0.2) is 38.4 Å². The van der Waals surface area contributed by atoms with Crippen LogP contribution in [0.4, 0.5) is 0 Å². The van der Waals surface area contributed by atoms with E-state index < -0.39 is 0 Å². The molecule has 6 aromatic carbocycles. The number of methoxy groups -OCH3 is 4. The molecule has 0 spiro atoms. The summed E-state index contributed by atoms with van der Waals surface area (Å²) in [5.41, 5.74) is 7.64. The van der Waals surface area contributed by atoms with Gasteiger partial charge in [0, 0.05) is 54.6 Å². The van der Waals surface area contributed by atoms with Crippen molar-refractivity contribution in [3.63, 3.8) is 0 Å². The zero-order valence-corrected chi connectivity index (χ0v) is 27.1. The number of pyridine rings is 2. The number of hydrogen-bond donors (Lipinski definition) is 0. The van der Waals surface area contributed by atoms with Gasteiger partial charge in [0.2, 0.25) is 0 Å². The quantitative estimate of drug-likeness (QED) is 0.156. The van der Waals surface area contributed by atoms with E-state index in [2.05, 4.69) is 72.8 Å². The zero-order chi connectivity index (χ0) is 32.8. The molecule has 0 atom stereocenters. The van der Waals surface area contributed by atoms with Gasteiger partial charge in [0.1, 0.15) is 23.0 Å². The van der Waals surface area contributed by atoms with Crippen LogP contribution in [0.2, 0.25) is 0 Å². The molecule has 0 fully saturated rings. The van der Waals surface area contributed by atoms with Crippen LogP contribution in [0.5, 0.6) is 23.0 Å². The summed E-state index contributed by atoms with van der Waals surface area (Å²) in [4.78, 5) is 10.8. The van der Waals surface area contributed by atoms with Crippen molar-refractivity contribution in [2.24, 2.45) is 0 Å². The summed E-state index contributed by atoms with van der Waals surface area (Å²) in [7, 11) is 6.72. The fraction of sp³-hybridized carbons (Fsp3) is 0.0952. The maximum Gasteiger partial charge on any atom is 0.118 e. The van der Waals surface area contributed by atoms with Crippen LogP contribution in [0.25, 0.3) is 77.3 Å². The molecule has 0 N–H and O–H groups in total. The first kappa shape index (κ1) is 29.3. The van der Waals surface area contributed by atoms with E-state index in [0.717, 1.165) is 100 Å². The Morgan fingerprint density at radius 2 is 0.500 bits per heavy atom. The van der Waals surface area contributed by atoms with Crippen molar-refractivity contribution in [2.75, 3.05) is 28.4 Å². The van der Waals surface area contributed by atoms with Crippen molar-refractivity contribution in [2.45, 2.75) is 0 Å². The Kier molecular flexibility index (Phi) is 7.26. The van der Waals surface area contributed by atoms with E-state index in [1.165, 1.54) is 0 Å².